The Hall–Kier alpha value is -2.60. The first-order valence-electron chi connectivity index (χ1n) is 6.54. The predicted molar refractivity (Wildman–Crippen MR) is 88.3 cm³/mol. The molecule has 22 heavy (non-hydrogen) atoms. The minimum Gasteiger partial charge on any atom is -0.459 e. The SMILES string of the molecule is O=C(Nc1ccc(Nc2ccc(Br)cc2)cn1)c1ccco1. The molecule has 0 aliphatic rings. The van der Waals surface area contributed by atoms with E-state index in [0.29, 0.717) is 5.82 Å². The van der Waals surface area contributed by atoms with Crippen LogP contribution in [0.4, 0.5) is 17.2 Å². The molecule has 110 valence electrons. The topological polar surface area (TPSA) is 67.2 Å². The lowest BCUT2D eigenvalue weighted by molar-refractivity contribution is 0.0996. The average molecular weight is 358 g/mol. The van der Waals surface area contributed by atoms with Crippen LogP contribution in [0.25, 0.3) is 0 Å². The number of carbonyl (C=O) groups is 1. The Morgan fingerprint density at radius 3 is 2.45 bits per heavy atom. The number of pyridine rings is 1. The molecular weight excluding hydrogens is 346 g/mol. The Morgan fingerprint density at radius 2 is 1.82 bits per heavy atom. The maximum absolute atomic E-state index is 11.8. The second-order valence-electron chi connectivity index (χ2n) is 4.50. The van der Waals surface area contributed by atoms with E-state index < -0.39 is 0 Å². The summed E-state index contributed by atoms with van der Waals surface area (Å²) in [5.41, 5.74) is 1.79. The van der Waals surface area contributed by atoms with E-state index in [1.54, 1.807) is 24.4 Å². The largest absolute Gasteiger partial charge is 0.459 e. The van der Waals surface area contributed by atoms with Gasteiger partial charge in [-0.1, -0.05) is 15.9 Å². The molecule has 1 aromatic carbocycles. The number of rotatable bonds is 4. The summed E-state index contributed by atoms with van der Waals surface area (Å²) in [5, 5.41) is 5.89. The average Bonchev–Trinajstić information content (AvgIpc) is 3.06. The van der Waals surface area contributed by atoms with Gasteiger partial charge in [0.15, 0.2) is 5.76 Å². The summed E-state index contributed by atoms with van der Waals surface area (Å²) in [6, 6.07) is 14.6. The molecule has 6 heteroatoms. The summed E-state index contributed by atoms with van der Waals surface area (Å²) in [6.45, 7) is 0. The summed E-state index contributed by atoms with van der Waals surface area (Å²) >= 11 is 3.39. The monoisotopic (exact) mass is 357 g/mol. The second kappa shape index (κ2) is 6.44. The smallest absolute Gasteiger partial charge is 0.292 e. The summed E-state index contributed by atoms with van der Waals surface area (Å²) in [7, 11) is 0. The number of anilines is 3. The van der Waals surface area contributed by atoms with Gasteiger partial charge in [-0.05, 0) is 48.5 Å². The maximum Gasteiger partial charge on any atom is 0.292 e. The molecule has 3 aromatic rings. The Balaban J connectivity index is 1.65. The molecule has 0 fully saturated rings. The normalized spacial score (nSPS) is 10.2. The number of nitrogens with zero attached hydrogens (tertiary/aromatic N) is 1. The number of halogens is 1. The Labute approximate surface area is 135 Å². The molecule has 0 bridgehead atoms. The van der Waals surface area contributed by atoms with Gasteiger partial charge in [-0.2, -0.15) is 0 Å². The summed E-state index contributed by atoms with van der Waals surface area (Å²) in [6.07, 6.45) is 3.10. The van der Waals surface area contributed by atoms with Crippen molar-refractivity contribution >= 4 is 39.0 Å². The van der Waals surface area contributed by atoms with Gasteiger partial charge in [0.1, 0.15) is 5.82 Å². The van der Waals surface area contributed by atoms with Crippen LogP contribution in [0.3, 0.4) is 0 Å². The highest BCUT2D eigenvalue weighted by Crippen LogP contribution is 2.19. The van der Waals surface area contributed by atoms with Crippen LogP contribution >= 0.6 is 15.9 Å². The Morgan fingerprint density at radius 1 is 1.05 bits per heavy atom. The molecule has 5 nitrogen and oxygen atoms in total. The third-order valence-corrected chi connectivity index (χ3v) is 3.41. The second-order valence-corrected chi connectivity index (χ2v) is 5.41. The van der Waals surface area contributed by atoms with Crippen molar-refractivity contribution in [2.45, 2.75) is 0 Å². The zero-order valence-corrected chi connectivity index (χ0v) is 13.0. The van der Waals surface area contributed by atoms with Crippen molar-refractivity contribution in [1.82, 2.24) is 4.98 Å². The quantitative estimate of drug-likeness (QED) is 0.724. The van der Waals surface area contributed by atoms with E-state index in [1.165, 1.54) is 6.26 Å². The molecule has 0 atom stereocenters. The van der Waals surface area contributed by atoms with Crippen LogP contribution in [0.1, 0.15) is 10.6 Å². The third-order valence-electron chi connectivity index (χ3n) is 2.88. The Bertz CT molecular complexity index is 753. The first-order valence-corrected chi connectivity index (χ1v) is 7.33. The highest BCUT2D eigenvalue weighted by Gasteiger charge is 2.09. The lowest BCUT2D eigenvalue weighted by Gasteiger charge is -2.07. The van der Waals surface area contributed by atoms with E-state index >= 15 is 0 Å². The Kier molecular flexibility index (Phi) is 4.20. The minimum absolute atomic E-state index is 0.249. The number of carbonyl (C=O) groups excluding carboxylic acids is 1. The van der Waals surface area contributed by atoms with Gasteiger partial charge in [0.25, 0.3) is 5.91 Å². The molecule has 0 spiro atoms. The number of aromatic nitrogens is 1. The number of hydrogen-bond donors (Lipinski definition) is 2. The molecule has 3 rings (SSSR count). The molecular formula is C16H12BrN3O2. The molecule has 0 radical (unpaired) electrons. The van der Waals surface area contributed by atoms with Crippen LogP contribution in [-0.2, 0) is 0 Å². The van der Waals surface area contributed by atoms with Gasteiger partial charge in [-0.15, -0.1) is 0 Å². The van der Waals surface area contributed by atoms with Gasteiger partial charge in [-0.25, -0.2) is 4.98 Å². The van der Waals surface area contributed by atoms with E-state index in [1.807, 2.05) is 30.3 Å². The minimum atomic E-state index is -0.328. The molecule has 1 amide bonds. The van der Waals surface area contributed by atoms with Crippen LogP contribution in [0.2, 0.25) is 0 Å². The van der Waals surface area contributed by atoms with Gasteiger partial charge in [0.2, 0.25) is 0 Å². The fourth-order valence-corrected chi connectivity index (χ4v) is 2.09. The van der Waals surface area contributed by atoms with E-state index in [9.17, 15) is 4.79 Å². The fourth-order valence-electron chi connectivity index (χ4n) is 1.83. The predicted octanol–water partition coefficient (Wildman–Crippen LogP) is 4.43. The van der Waals surface area contributed by atoms with Gasteiger partial charge in [0.05, 0.1) is 18.1 Å². The van der Waals surface area contributed by atoms with Crippen molar-refractivity contribution in [2.75, 3.05) is 10.6 Å². The molecule has 0 saturated carbocycles. The van der Waals surface area contributed by atoms with Gasteiger partial charge < -0.3 is 15.1 Å². The van der Waals surface area contributed by atoms with Crippen LogP contribution in [0.15, 0.2) is 69.9 Å². The van der Waals surface area contributed by atoms with Crippen LogP contribution < -0.4 is 10.6 Å². The molecule has 2 aromatic heterocycles. The van der Waals surface area contributed by atoms with Gasteiger partial charge in [-0.3, -0.25) is 4.79 Å². The van der Waals surface area contributed by atoms with Crippen molar-refractivity contribution < 1.29 is 9.21 Å². The van der Waals surface area contributed by atoms with Crippen molar-refractivity contribution in [3.63, 3.8) is 0 Å². The maximum atomic E-state index is 11.8. The first kappa shape index (κ1) is 14.3. The number of furan rings is 1. The fraction of sp³-hybridized carbons (Fsp3) is 0. The van der Waals surface area contributed by atoms with Crippen molar-refractivity contribution in [3.8, 4) is 0 Å². The lowest BCUT2D eigenvalue weighted by Crippen LogP contribution is -2.11. The van der Waals surface area contributed by atoms with Crippen LogP contribution in [-0.4, -0.2) is 10.9 Å². The van der Waals surface area contributed by atoms with Crippen LogP contribution in [0.5, 0.6) is 0 Å². The van der Waals surface area contributed by atoms with Crippen molar-refractivity contribution in [3.05, 3.63) is 71.2 Å². The highest BCUT2D eigenvalue weighted by molar-refractivity contribution is 9.10. The number of hydrogen-bond acceptors (Lipinski definition) is 4. The molecule has 2 heterocycles. The summed E-state index contributed by atoms with van der Waals surface area (Å²) < 4.78 is 6.04. The van der Waals surface area contributed by atoms with E-state index in [0.717, 1.165) is 15.8 Å². The zero-order chi connectivity index (χ0) is 15.4. The van der Waals surface area contributed by atoms with E-state index in [-0.39, 0.29) is 11.7 Å². The number of benzene rings is 1. The van der Waals surface area contributed by atoms with Gasteiger partial charge >= 0.3 is 0 Å². The van der Waals surface area contributed by atoms with E-state index in [2.05, 4.69) is 31.5 Å². The van der Waals surface area contributed by atoms with E-state index in [4.69, 9.17) is 4.42 Å². The van der Waals surface area contributed by atoms with Crippen molar-refractivity contribution in [1.29, 1.82) is 0 Å². The molecule has 0 unspecified atom stereocenters. The molecule has 2 N–H and O–H groups in total. The first-order chi connectivity index (χ1) is 10.7. The zero-order valence-electron chi connectivity index (χ0n) is 11.4. The van der Waals surface area contributed by atoms with Crippen LogP contribution in [0, 0.1) is 0 Å². The number of nitrogens with one attached hydrogen (secondary N) is 2. The highest BCUT2D eigenvalue weighted by atomic mass is 79.9. The molecule has 0 aliphatic heterocycles. The lowest BCUT2D eigenvalue weighted by atomic mass is 10.3. The standard InChI is InChI=1S/C16H12BrN3O2/c17-11-3-5-12(6-4-11)19-13-7-8-15(18-10-13)20-16(21)14-2-1-9-22-14/h1-10,19H,(H,18,20,21). The van der Waals surface area contributed by atoms with Crippen molar-refractivity contribution in [2.24, 2.45) is 0 Å². The third kappa shape index (κ3) is 3.53. The molecule has 0 aliphatic carbocycles. The molecule has 0 saturated heterocycles. The van der Waals surface area contributed by atoms with Gasteiger partial charge in [0, 0.05) is 10.2 Å². The summed E-state index contributed by atoms with van der Waals surface area (Å²) in [4.78, 5) is 16.0. The number of amides is 1. The summed E-state index contributed by atoms with van der Waals surface area (Å²) in [5.74, 6) is 0.382.